The first kappa shape index (κ1) is 34.8. The molecule has 0 atom stereocenters. The van der Waals surface area contributed by atoms with E-state index in [4.69, 9.17) is 0 Å². The molecule has 1 aliphatic carbocycles. The van der Waals surface area contributed by atoms with Crippen LogP contribution in [0.3, 0.4) is 0 Å². The molecule has 1 aromatic heterocycles. The number of anilines is 3. The fraction of sp³-hybridized carbons (Fsp3) is 0.0526. The predicted octanol–water partition coefficient (Wildman–Crippen LogP) is 15.6. The van der Waals surface area contributed by atoms with Gasteiger partial charge in [-0.05, 0) is 87.0 Å². The van der Waals surface area contributed by atoms with Crippen LogP contribution in [0.2, 0.25) is 0 Å². The van der Waals surface area contributed by atoms with Crippen molar-refractivity contribution in [2.75, 3.05) is 4.90 Å². The van der Waals surface area contributed by atoms with Gasteiger partial charge in [-0.25, -0.2) is 0 Å². The van der Waals surface area contributed by atoms with E-state index in [0.29, 0.717) is 0 Å². The number of nitrogens with zero attached hydrogens (tertiary/aromatic N) is 2. The number of aromatic nitrogens is 1. The Labute approximate surface area is 345 Å². The smallest absolute Gasteiger partial charge is 0.0562 e. The van der Waals surface area contributed by atoms with Crippen LogP contribution in [0, 0.1) is 0 Å². The second-order valence-corrected chi connectivity index (χ2v) is 16.1. The van der Waals surface area contributed by atoms with Crippen LogP contribution in [0.1, 0.15) is 25.0 Å². The lowest BCUT2D eigenvalue weighted by Gasteiger charge is -2.30. The quantitative estimate of drug-likeness (QED) is 0.157. The van der Waals surface area contributed by atoms with E-state index in [2.05, 4.69) is 242 Å². The van der Waals surface area contributed by atoms with Gasteiger partial charge in [0.15, 0.2) is 0 Å². The largest absolute Gasteiger partial charge is 0.310 e. The number of hydrogen-bond donors (Lipinski definition) is 0. The minimum absolute atomic E-state index is 0.148. The number of rotatable bonds is 7. The summed E-state index contributed by atoms with van der Waals surface area (Å²) in [5.74, 6) is 0. The van der Waals surface area contributed by atoms with E-state index in [1.807, 2.05) is 0 Å². The van der Waals surface area contributed by atoms with Crippen molar-refractivity contribution in [1.82, 2.24) is 4.57 Å². The van der Waals surface area contributed by atoms with Gasteiger partial charge in [0.2, 0.25) is 0 Å². The molecule has 0 bridgehead atoms. The Morgan fingerprint density at radius 1 is 0.356 bits per heavy atom. The second-order valence-electron chi connectivity index (χ2n) is 16.1. The number of benzene rings is 9. The van der Waals surface area contributed by atoms with Gasteiger partial charge in [-0.1, -0.05) is 190 Å². The molecule has 0 aliphatic heterocycles. The summed E-state index contributed by atoms with van der Waals surface area (Å²) in [6, 6.07) is 79.9. The molecule has 0 saturated carbocycles. The number of para-hydroxylation sites is 3. The first-order valence-electron chi connectivity index (χ1n) is 20.5. The lowest BCUT2D eigenvalue weighted by Crippen LogP contribution is -2.17. The van der Waals surface area contributed by atoms with E-state index in [9.17, 15) is 0 Å². The maximum absolute atomic E-state index is 2.49. The fourth-order valence-electron chi connectivity index (χ4n) is 9.63. The summed E-state index contributed by atoms with van der Waals surface area (Å²) in [7, 11) is 0. The van der Waals surface area contributed by atoms with Gasteiger partial charge in [0, 0.05) is 38.7 Å². The van der Waals surface area contributed by atoms with Crippen LogP contribution in [0.5, 0.6) is 0 Å². The van der Waals surface area contributed by atoms with Crippen LogP contribution in [0.15, 0.2) is 218 Å². The predicted molar refractivity (Wildman–Crippen MR) is 249 cm³/mol. The molecule has 0 fully saturated rings. The standard InChI is InChI=1S/C57H42N2/c1-57(2)51-29-15-11-26-46(51)47-35-33-41(37-52(47)57)58(54-31-17-13-27-48(54)45-25-10-9-23-43(45)39-19-5-3-6-20-39)42-34-36-50-49-28-14-18-32-55(49)59(56(50)38-42)53-30-16-12-24-44(53)40-21-7-4-8-22-40/h3-38H,1-2H3. The normalized spacial score (nSPS) is 12.7. The molecule has 0 unspecified atom stereocenters. The fourth-order valence-corrected chi connectivity index (χ4v) is 9.63. The highest BCUT2D eigenvalue weighted by Crippen LogP contribution is 2.52. The zero-order valence-corrected chi connectivity index (χ0v) is 33.2. The van der Waals surface area contributed by atoms with E-state index in [-0.39, 0.29) is 5.41 Å². The van der Waals surface area contributed by atoms with Crippen molar-refractivity contribution in [3.8, 4) is 50.2 Å². The molecule has 0 amide bonds. The highest BCUT2D eigenvalue weighted by molar-refractivity contribution is 6.11. The molecule has 59 heavy (non-hydrogen) atoms. The lowest BCUT2D eigenvalue weighted by atomic mass is 9.82. The highest BCUT2D eigenvalue weighted by Gasteiger charge is 2.36. The minimum Gasteiger partial charge on any atom is -0.310 e. The van der Waals surface area contributed by atoms with E-state index in [0.717, 1.165) is 28.3 Å². The zero-order valence-electron chi connectivity index (χ0n) is 33.2. The van der Waals surface area contributed by atoms with Gasteiger partial charge < -0.3 is 9.47 Å². The van der Waals surface area contributed by atoms with Crippen LogP contribution in [0.4, 0.5) is 17.1 Å². The van der Waals surface area contributed by atoms with Crippen LogP contribution < -0.4 is 4.90 Å². The molecule has 1 heterocycles. The molecular formula is C57H42N2. The molecule has 0 N–H and O–H groups in total. The highest BCUT2D eigenvalue weighted by atomic mass is 15.1. The zero-order chi connectivity index (χ0) is 39.5. The average molecular weight is 755 g/mol. The molecule has 9 aromatic carbocycles. The van der Waals surface area contributed by atoms with Crippen molar-refractivity contribution in [2.24, 2.45) is 0 Å². The maximum Gasteiger partial charge on any atom is 0.0562 e. The average Bonchev–Trinajstić information content (AvgIpc) is 3.75. The van der Waals surface area contributed by atoms with E-state index >= 15 is 0 Å². The first-order valence-corrected chi connectivity index (χ1v) is 20.5. The summed E-state index contributed by atoms with van der Waals surface area (Å²) in [5.41, 5.74) is 19.2. The van der Waals surface area contributed by atoms with Crippen LogP contribution in [-0.2, 0) is 5.41 Å². The van der Waals surface area contributed by atoms with E-state index in [1.54, 1.807) is 0 Å². The molecular weight excluding hydrogens is 713 g/mol. The summed E-state index contributed by atoms with van der Waals surface area (Å²) in [5, 5.41) is 2.46. The number of hydrogen-bond acceptors (Lipinski definition) is 1. The summed E-state index contributed by atoms with van der Waals surface area (Å²) in [6.07, 6.45) is 0. The van der Waals surface area contributed by atoms with Gasteiger partial charge in [0.1, 0.15) is 0 Å². The maximum atomic E-state index is 2.49. The van der Waals surface area contributed by atoms with E-state index in [1.165, 1.54) is 71.9 Å². The Hall–Kier alpha value is -7.42. The molecule has 2 heteroatoms. The summed E-state index contributed by atoms with van der Waals surface area (Å²) in [4.78, 5) is 2.49. The van der Waals surface area contributed by atoms with Crippen molar-refractivity contribution in [1.29, 1.82) is 0 Å². The molecule has 0 spiro atoms. The van der Waals surface area contributed by atoms with Gasteiger partial charge in [-0.3, -0.25) is 0 Å². The molecule has 10 aromatic rings. The van der Waals surface area contributed by atoms with Gasteiger partial charge in [0.25, 0.3) is 0 Å². The summed E-state index contributed by atoms with van der Waals surface area (Å²) < 4.78 is 2.47. The lowest BCUT2D eigenvalue weighted by molar-refractivity contribution is 0.660. The van der Waals surface area contributed by atoms with Crippen LogP contribution in [-0.4, -0.2) is 4.57 Å². The second kappa shape index (κ2) is 13.9. The third-order valence-corrected chi connectivity index (χ3v) is 12.4. The Kier molecular flexibility index (Phi) is 8.20. The molecule has 0 radical (unpaired) electrons. The molecule has 0 saturated heterocycles. The van der Waals surface area contributed by atoms with Gasteiger partial charge >= 0.3 is 0 Å². The Morgan fingerprint density at radius 2 is 0.881 bits per heavy atom. The van der Waals surface area contributed by atoms with Gasteiger partial charge in [0.05, 0.1) is 22.4 Å². The summed E-state index contributed by atoms with van der Waals surface area (Å²) >= 11 is 0. The Balaban J connectivity index is 1.19. The van der Waals surface area contributed by atoms with Crippen molar-refractivity contribution < 1.29 is 0 Å². The Morgan fingerprint density at radius 3 is 1.66 bits per heavy atom. The summed E-state index contributed by atoms with van der Waals surface area (Å²) in [6.45, 7) is 4.73. The van der Waals surface area contributed by atoms with Crippen molar-refractivity contribution in [2.45, 2.75) is 19.3 Å². The molecule has 2 nitrogen and oxygen atoms in total. The van der Waals surface area contributed by atoms with Crippen molar-refractivity contribution in [3.05, 3.63) is 230 Å². The molecule has 11 rings (SSSR count). The third kappa shape index (κ3) is 5.63. The van der Waals surface area contributed by atoms with Crippen molar-refractivity contribution in [3.63, 3.8) is 0 Å². The van der Waals surface area contributed by atoms with Crippen LogP contribution >= 0.6 is 0 Å². The van der Waals surface area contributed by atoms with Crippen LogP contribution in [0.25, 0.3) is 72.0 Å². The first-order chi connectivity index (χ1) is 29.1. The number of fused-ring (bicyclic) bond motifs is 6. The molecule has 280 valence electrons. The van der Waals surface area contributed by atoms with Crippen molar-refractivity contribution >= 4 is 38.9 Å². The topological polar surface area (TPSA) is 8.17 Å². The monoisotopic (exact) mass is 754 g/mol. The minimum atomic E-state index is -0.148. The molecule has 1 aliphatic rings. The van der Waals surface area contributed by atoms with Gasteiger partial charge in [-0.2, -0.15) is 0 Å². The SMILES string of the molecule is CC1(C)c2ccccc2-c2ccc(N(c3ccc4c5ccccc5n(-c5ccccc5-c5ccccc5)c4c3)c3ccccc3-c3ccccc3-c3ccccc3)cc21. The van der Waals surface area contributed by atoms with E-state index < -0.39 is 0 Å². The Bertz CT molecular complexity index is 3190. The third-order valence-electron chi connectivity index (χ3n) is 12.4. The van der Waals surface area contributed by atoms with Gasteiger partial charge in [-0.15, -0.1) is 0 Å².